The molecule has 0 aliphatic carbocycles. The lowest BCUT2D eigenvalue weighted by atomic mass is 10.1. The summed E-state index contributed by atoms with van der Waals surface area (Å²) in [4.78, 5) is 30.1. The van der Waals surface area contributed by atoms with Gasteiger partial charge in [-0.15, -0.1) is 0 Å². The van der Waals surface area contributed by atoms with Crippen LogP contribution in [0.1, 0.15) is 6.42 Å². The van der Waals surface area contributed by atoms with Crippen molar-refractivity contribution in [1.82, 2.24) is 4.98 Å². The number of pyridine rings is 1. The lowest BCUT2D eigenvalue weighted by Gasteiger charge is -2.16. The Bertz CT molecular complexity index is 732. The van der Waals surface area contributed by atoms with E-state index >= 15 is 0 Å². The molecule has 2 aromatic rings. The van der Waals surface area contributed by atoms with Crippen LogP contribution in [0.5, 0.6) is 0 Å². The van der Waals surface area contributed by atoms with E-state index in [4.69, 9.17) is 23.2 Å². The number of anilines is 2. The van der Waals surface area contributed by atoms with Gasteiger partial charge in [0, 0.05) is 29.9 Å². The van der Waals surface area contributed by atoms with Crippen LogP contribution in [0.3, 0.4) is 0 Å². The third-order valence-electron chi connectivity index (χ3n) is 3.61. The molecule has 1 N–H and O–H groups in total. The molecule has 1 aliphatic rings. The Morgan fingerprint density at radius 1 is 1.13 bits per heavy atom. The van der Waals surface area contributed by atoms with Crippen molar-refractivity contribution in [3.8, 4) is 0 Å². The van der Waals surface area contributed by atoms with Crippen molar-refractivity contribution < 1.29 is 9.59 Å². The van der Waals surface area contributed by atoms with Crippen LogP contribution in [0.15, 0.2) is 42.6 Å². The molecule has 2 heterocycles. The number of hydrogen-bond donors (Lipinski definition) is 1. The van der Waals surface area contributed by atoms with E-state index in [1.165, 1.54) is 6.20 Å². The molecule has 1 aliphatic heterocycles. The predicted octanol–water partition coefficient (Wildman–Crippen LogP) is 3.38. The zero-order chi connectivity index (χ0) is 16.4. The maximum absolute atomic E-state index is 12.3. The number of nitrogens with zero attached hydrogens (tertiary/aromatic N) is 2. The van der Waals surface area contributed by atoms with Gasteiger partial charge in [0.25, 0.3) is 0 Å². The van der Waals surface area contributed by atoms with Crippen molar-refractivity contribution in [1.29, 1.82) is 0 Å². The van der Waals surface area contributed by atoms with E-state index in [9.17, 15) is 9.59 Å². The number of benzene rings is 1. The maximum Gasteiger partial charge on any atom is 0.230 e. The summed E-state index contributed by atoms with van der Waals surface area (Å²) in [6, 6.07) is 10.2. The first-order valence-electron chi connectivity index (χ1n) is 7.01. The zero-order valence-electron chi connectivity index (χ0n) is 12.0. The smallest absolute Gasteiger partial charge is 0.230 e. The van der Waals surface area contributed by atoms with Crippen molar-refractivity contribution in [2.45, 2.75) is 6.42 Å². The largest absolute Gasteiger partial charge is 0.312 e. The second-order valence-electron chi connectivity index (χ2n) is 5.23. The molecule has 0 unspecified atom stereocenters. The average molecular weight is 350 g/mol. The number of amides is 2. The molecule has 118 valence electrons. The highest BCUT2D eigenvalue weighted by molar-refractivity contribution is 6.30. The van der Waals surface area contributed by atoms with Gasteiger partial charge in [-0.05, 0) is 36.4 Å². The number of carbonyl (C=O) groups is 2. The molecule has 2 amide bonds. The van der Waals surface area contributed by atoms with Gasteiger partial charge in [0.1, 0.15) is 5.82 Å². The van der Waals surface area contributed by atoms with Gasteiger partial charge in [-0.3, -0.25) is 9.59 Å². The number of hydrogen-bond acceptors (Lipinski definition) is 3. The van der Waals surface area contributed by atoms with Gasteiger partial charge < -0.3 is 10.2 Å². The van der Waals surface area contributed by atoms with Crippen LogP contribution in [0.4, 0.5) is 11.5 Å². The minimum absolute atomic E-state index is 0.0865. The maximum atomic E-state index is 12.3. The number of nitrogens with one attached hydrogen (secondary N) is 1. The Kier molecular flexibility index (Phi) is 4.50. The fourth-order valence-electron chi connectivity index (χ4n) is 2.43. The van der Waals surface area contributed by atoms with Gasteiger partial charge >= 0.3 is 0 Å². The van der Waals surface area contributed by atoms with Crippen molar-refractivity contribution in [3.05, 3.63) is 52.6 Å². The molecule has 23 heavy (non-hydrogen) atoms. The van der Waals surface area contributed by atoms with Crippen LogP contribution >= 0.6 is 23.2 Å². The van der Waals surface area contributed by atoms with Gasteiger partial charge in [-0.2, -0.15) is 0 Å². The van der Waals surface area contributed by atoms with Crippen LogP contribution in [-0.4, -0.2) is 23.3 Å². The molecule has 0 bridgehead atoms. The van der Waals surface area contributed by atoms with Gasteiger partial charge in [0.2, 0.25) is 11.8 Å². The molecule has 1 atom stereocenters. The van der Waals surface area contributed by atoms with E-state index < -0.39 is 5.92 Å². The van der Waals surface area contributed by atoms with Gasteiger partial charge in [0.05, 0.1) is 10.9 Å². The van der Waals surface area contributed by atoms with Crippen LogP contribution in [0.2, 0.25) is 10.0 Å². The fraction of sp³-hybridized carbons (Fsp3) is 0.188. The van der Waals surface area contributed by atoms with Crippen LogP contribution in [0.25, 0.3) is 0 Å². The first-order chi connectivity index (χ1) is 11.0. The molecule has 1 saturated heterocycles. The molecule has 0 saturated carbocycles. The molecule has 7 heteroatoms. The van der Waals surface area contributed by atoms with Crippen LogP contribution in [0, 0.1) is 5.92 Å². The van der Waals surface area contributed by atoms with Crippen molar-refractivity contribution >= 4 is 46.5 Å². The van der Waals surface area contributed by atoms with Gasteiger partial charge in [0.15, 0.2) is 0 Å². The Labute approximate surface area is 143 Å². The lowest BCUT2D eigenvalue weighted by molar-refractivity contribution is -0.122. The quantitative estimate of drug-likeness (QED) is 0.923. The summed E-state index contributed by atoms with van der Waals surface area (Å²) in [5, 5.41) is 3.80. The number of halogens is 2. The average Bonchev–Trinajstić information content (AvgIpc) is 2.92. The molecule has 5 nitrogen and oxygen atoms in total. The SMILES string of the molecule is O=C(Nc1ccc(Cl)cn1)[C@@H]1CC(=O)N(c2ccc(Cl)cc2)C1. The Balaban J connectivity index is 1.68. The van der Waals surface area contributed by atoms with Crippen molar-refractivity contribution in [2.24, 2.45) is 5.92 Å². The van der Waals surface area contributed by atoms with Crippen LogP contribution in [-0.2, 0) is 9.59 Å². The van der Waals surface area contributed by atoms with Crippen LogP contribution < -0.4 is 10.2 Å². The number of aromatic nitrogens is 1. The molecule has 1 fully saturated rings. The molecule has 3 rings (SSSR count). The normalized spacial score (nSPS) is 17.4. The number of rotatable bonds is 3. The first-order valence-corrected chi connectivity index (χ1v) is 7.77. The van der Waals surface area contributed by atoms with E-state index in [-0.39, 0.29) is 18.2 Å². The third kappa shape index (κ3) is 3.63. The lowest BCUT2D eigenvalue weighted by Crippen LogP contribution is -2.28. The third-order valence-corrected chi connectivity index (χ3v) is 4.09. The monoisotopic (exact) mass is 349 g/mol. The number of carbonyl (C=O) groups excluding carboxylic acids is 2. The molecular weight excluding hydrogens is 337 g/mol. The summed E-state index contributed by atoms with van der Waals surface area (Å²) in [7, 11) is 0. The summed E-state index contributed by atoms with van der Waals surface area (Å²) in [6.45, 7) is 0.333. The molecule has 1 aromatic heterocycles. The van der Waals surface area contributed by atoms with E-state index in [2.05, 4.69) is 10.3 Å². The summed E-state index contributed by atoms with van der Waals surface area (Å²) < 4.78 is 0. The summed E-state index contributed by atoms with van der Waals surface area (Å²) in [6.07, 6.45) is 1.62. The Morgan fingerprint density at radius 3 is 2.48 bits per heavy atom. The predicted molar refractivity (Wildman–Crippen MR) is 89.8 cm³/mol. The summed E-state index contributed by atoms with van der Waals surface area (Å²) in [5.41, 5.74) is 0.735. The Hall–Kier alpha value is -2.11. The molecule has 0 spiro atoms. The standard InChI is InChI=1S/C16H13Cl2N3O2/c17-11-1-4-13(5-2-11)21-9-10(7-15(21)22)16(23)20-14-6-3-12(18)8-19-14/h1-6,8,10H,7,9H2,(H,19,20,23)/t10-/m1/s1. The van der Waals surface area contributed by atoms with Crippen molar-refractivity contribution in [2.75, 3.05) is 16.8 Å². The highest BCUT2D eigenvalue weighted by atomic mass is 35.5. The Morgan fingerprint density at radius 2 is 1.83 bits per heavy atom. The molecule has 0 radical (unpaired) electrons. The first kappa shape index (κ1) is 15.8. The second-order valence-corrected chi connectivity index (χ2v) is 6.11. The van der Waals surface area contributed by atoms with E-state index in [1.807, 2.05) is 0 Å². The topological polar surface area (TPSA) is 62.3 Å². The van der Waals surface area contributed by atoms with E-state index in [1.54, 1.807) is 41.3 Å². The van der Waals surface area contributed by atoms with Crippen molar-refractivity contribution in [3.63, 3.8) is 0 Å². The highest BCUT2D eigenvalue weighted by Gasteiger charge is 2.35. The minimum atomic E-state index is -0.421. The minimum Gasteiger partial charge on any atom is -0.312 e. The van der Waals surface area contributed by atoms with Gasteiger partial charge in [-0.25, -0.2) is 4.98 Å². The molecule has 1 aromatic carbocycles. The van der Waals surface area contributed by atoms with E-state index in [0.29, 0.717) is 22.4 Å². The second kappa shape index (κ2) is 6.56. The van der Waals surface area contributed by atoms with E-state index in [0.717, 1.165) is 5.69 Å². The highest BCUT2D eigenvalue weighted by Crippen LogP contribution is 2.27. The zero-order valence-corrected chi connectivity index (χ0v) is 13.5. The fourth-order valence-corrected chi connectivity index (χ4v) is 2.67. The summed E-state index contributed by atoms with van der Waals surface area (Å²) >= 11 is 11.6. The summed E-state index contributed by atoms with van der Waals surface area (Å²) in [5.74, 6) is -0.325. The van der Waals surface area contributed by atoms with Gasteiger partial charge in [-0.1, -0.05) is 23.2 Å². The molecular formula is C16H13Cl2N3O2.